The molecule has 1 heterocycles. The monoisotopic (exact) mass is 260 g/mol. The van der Waals surface area contributed by atoms with Gasteiger partial charge in [-0.1, -0.05) is 24.3 Å². The van der Waals surface area contributed by atoms with Gasteiger partial charge in [0.05, 0.1) is 12.6 Å². The second kappa shape index (κ2) is 5.10. The average Bonchev–Trinajstić information content (AvgIpc) is 2.83. The summed E-state index contributed by atoms with van der Waals surface area (Å²) < 4.78 is 7.35. The number of rotatable bonds is 2. The third kappa shape index (κ3) is 1.93. The van der Waals surface area contributed by atoms with E-state index in [1.807, 2.05) is 42.7 Å². The molecule has 0 aliphatic rings. The Morgan fingerprint density at radius 2 is 1.78 bits per heavy atom. The zero-order valence-corrected chi connectivity index (χ0v) is 10.7. The van der Waals surface area contributed by atoms with Gasteiger partial charge in [0.25, 0.3) is 0 Å². The van der Waals surface area contributed by atoms with Crippen molar-refractivity contribution in [3.63, 3.8) is 0 Å². The smallest absolute Gasteiger partial charge is 0.146 e. The topological polar surface area (TPSA) is 27.1 Å². The van der Waals surface area contributed by atoms with E-state index in [1.165, 1.54) is 0 Å². The fourth-order valence-electron chi connectivity index (χ4n) is 1.97. The molecule has 4 heteroatoms. The van der Waals surface area contributed by atoms with Crippen molar-refractivity contribution in [1.82, 2.24) is 9.55 Å². The molecule has 3 nitrogen and oxygen atoms in total. The van der Waals surface area contributed by atoms with E-state index >= 15 is 0 Å². The third-order valence-corrected chi connectivity index (χ3v) is 2.79. The van der Waals surface area contributed by atoms with Crippen molar-refractivity contribution in [2.45, 2.75) is 0 Å². The number of halogens is 1. The molecule has 0 amide bonds. The van der Waals surface area contributed by atoms with Crippen LogP contribution in [0.15, 0.2) is 54.9 Å². The first-order chi connectivity index (χ1) is 8.40. The van der Waals surface area contributed by atoms with Gasteiger partial charge in [0.15, 0.2) is 0 Å². The maximum Gasteiger partial charge on any atom is 0.146 e. The predicted octanol–water partition coefficient (Wildman–Crippen LogP) is 3.46. The van der Waals surface area contributed by atoms with Gasteiger partial charge in [0.2, 0.25) is 0 Å². The van der Waals surface area contributed by atoms with Gasteiger partial charge in [-0.25, -0.2) is 4.98 Å². The fraction of sp³-hybridized carbons (Fsp3) is 0.0714. The Morgan fingerprint density at radius 1 is 1.00 bits per heavy atom. The number of imidazole rings is 1. The van der Waals surface area contributed by atoms with E-state index in [4.69, 9.17) is 4.74 Å². The van der Waals surface area contributed by atoms with E-state index in [-0.39, 0.29) is 12.4 Å². The highest BCUT2D eigenvalue weighted by atomic mass is 35.5. The molecule has 3 rings (SSSR count). The Morgan fingerprint density at radius 3 is 2.50 bits per heavy atom. The molecule has 18 heavy (non-hydrogen) atoms. The molecular formula is C14H13ClN2O. The van der Waals surface area contributed by atoms with E-state index in [1.54, 1.807) is 7.11 Å². The van der Waals surface area contributed by atoms with Gasteiger partial charge in [0, 0.05) is 5.69 Å². The molecule has 92 valence electrons. The summed E-state index contributed by atoms with van der Waals surface area (Å²) in [4.78, 5) is 4.40. The lowest BCUT2D eigenvalue weighted by Crippen LogP contribution is -1.91. The quantitative estimate of drug-likeness (QED) is 0.706. The molecule has 0 saturated carbocycles. The summed E-state index contributed by atoms with van der Waals surface area (Å²) in [5, 5.41) is 0. The number of methoxy groups -OCH3 is 1. The Hall–Kier alpha value is -2.00. The highest BCUT2D eigenvalue weighted by Gasteiger charge is 2.07. The minimum atomic E-state index is 0. The van der Waals surface area contributed by atoms with E-state index in [0.29, 0.717) is 0 Å². The number of ether oxygens (including phenoxy) is 1. The van der Waals surface area contributed by atoms with Crippen LogP contribution >= 0.6 is 12.4 Å². The fourth-order valence-corrected chi connectivity index (χ4v) is 1.97. The van der Waals surface area contributed by atoms with Crippen molar-refractivity contribution in [2.24, 2.45) is 0 Å². The maximum atomic E-state index is 5.30. The van der Waals surface area contributed by atoms with Gasteiger partial charge >= 0.3 is 0 Å². The molecule has 3 aromatic rings. The molecule has 0 unspecified atom stereocenters. The summed E-state index contributed by atoms with van der Waals surface area (Å²) in [6.45, 7) is 0. The Balaban J connectivity index is 0.00000120. The Bertz CT molecular complexity index is 649. The third-order valence-electron chi connectivity index (χ3n) is 2.79. The normalized spacial score (nSPS) is 10.1. The molecule has 2 aromatic carbocycles. The first-order valence-electron chi connectivity index (χ1n) is 5.45. The minimum absolute atomic E-state index is 0. The molecule has 0 N–H and O–H groups in total. The summed E-state index contributed by atoms with van der Waals surface area (Å²) in [5.41, 5.74) is 3.04. The minimum Gasteiger partial charge on any atom is -0.494 e. The van der Waals surface area contributed by atoms with Crippen LogP contribution in [-0.4, -0.2) is 16.7 Å². The maximum absolute atomic E-state index is 5.30. The number of nitrogens with zero attached hydrogens (tertiary/aromatic N) is 2. The summed E-state index contributed by atoms with van der Waals surface area (Å²) >= 11 is 0. The summed E-state index contributed by atoms with van der Waals surface area (Å²) in [5.74, 6) is 0.803. The van der Waals surface area contributed by atoms with Gasteiger partial charge < -0.3 is 4.74 Å². The van der Waals surface area contributed by atoms with Crippen molar-refractivity contribution in [3.05, 3.63) is 54.9 Å². The largest absolute Gasteiger partial charge is 0.494 e. The van der Waals surface area contributed by atoms with Crippen LogP contribution in [0, 0.1) is 0 Å². The van der Waals surface area contributed by atoms with E-state index in [0.717, 1.165) is 22.5 Å². The van der Waals surface area contributed by atoms with Gasteiger partial charge in [0.1, 0.15) is 17.6 Å². The average molecular weight is 261 g/mol. The summed E-state index contributed by atoms with van der Waals surface area (Å²) in [6, 6.07) is 16.1. The van der Waals surface area contributed by atoms with Crippen LogP contribution in [0.5, 0.6) is 5.75 Å². The van der Waals surface area contributed by atoms with Crippen LogP contribution in [0.2, 0.25) is 0 Å². The van der Waals surface area contributed by atoms with Crippen molar-refractivity contribution in [3.8, 4) is 11.4 Å². The number of fused-ring (bicyclic) bond motifs is 1. The predicted molar refractivity (Wildman–Crippen MR) is 74.9 cm³/mol. The molecule has 0 fully saturated rings. The molecule has 0 spiro atoms. The molecule has 0 radical (unpaired) electrons. The zero-order chi connectivity index (χ0) is 11.7. The summed E-state index contributed by atoms with van der Waals surface area (Å²) in [6.07, 6.45) is 1.82. The lowest BCUT2D eigenvalue weighted by atomic mass is 10.2. The standard InChI is InChI=1S/C14H12N2O.ClH/c1-17-13-9-5-8-12-14(13)15-10-16(12)11-6-3-2-4-7-11;/h2-10H,1H3;1H. The molecule has 0 aliphatic carbocycles. The van der Waals surface area contributed by atoms with E-state index < -0.39 is 0 Å². The van der Waals surface area contributed by atoms with Crippen LogP contribution in [0.25, 0.3) is 16.7 Å². The molecule has 0 aliphatic heterocycles. The van der Waals surface area contributed by atoms with Crippen LogP contribution in [0.4, 0.5) is 0 Å². The van der Waals surface area contributed by atoms with Gasteiger partial charge in [-0.15, -0.1) is 12.4 Å². The highest BCUT2D eigenvalue weighted by Crippen LogP contribution is 2.25. The lowest BCUT2D eigenvalue weighted by Gasteiger charge is -2.04. The number of hydrogen-bond acceptors (Lipinski definition) is 2. The molecule has 0 saturated heterocycles. The van der Waals surface area contributed by atoms with Gasteiger partial charge in [-0.05, 0) is 24.3 Å². The van der Waals surface area contributed by atoms with E-state index in [2.05, 4.69) is 21.7 Å². The molecule has 1 aromatic heterocycles. The highest BCUT2D eigenvalue weighted by molar-refractivity contribution is 5.85. The van der Waals surface area contributed by atoms with Crippen LogP contribution in [-0.2, 0) is 0 Å². The molecule has 0 bridgehead atoms. The number of benzene rings is 2. The first kappa shape index (κ1) is 12.5. The zero-order valence-electron chi connectivity index (χ0n) is 9.91. The Kier molecular flexibility index (Phi) is 3.53. The Labute approximate surface area is 111 Å². The molecule has 0 atom stereocenters. The second-order valence-electron chi connectivity index (χ2n) is 3.78. The van der Waals surface area contributed by atoms with Crippen molar-refractivity contribution in [2.75, 3.05) is 7.11 Å². The number of para-hydroxylation sites is 2. The number of aromatic nitrogens is 2. The van der Waals surface area contributed by atoms with E-state index in [9.17, 15) is 0 Å². The van der Waals surface area contributed by atoms with Crippen LogP contribution in [0.1, 0.15) is 0 Å². The summed E-state index contributed by atoms with van der Waals surface area (Å²) in [7, 11) is 1.66. The van der Waals surface area contributed by atoms with Gasteiger partial charge in [-0.2, -0.15) is 0 Å². The second-order valence-corrected chi connectivity index (χ2v) is 3.78. The SMILES string of the molecule is COc1cccc2c1ncn2-c1ccccc1.Cl. The number of hydrogen-bond donors (Lipinski definition) is 0. The first-order valence-corrected chi connectivity index (χ1v) is 5.45. The van der Waals surface area contributed by atoms with Crippen LogP contribution < -0.4 is 4.74 Å². The molecular weight excluding hydrogens is 248 g/mol. The lowest BCUT2D eigenvalue weighted by molar-refractivity contribution is 0.419. The van der Waals surface area contributed by atoms with Crippen molar-refractivity contribution < 1.29 is 4.74 Å². The van der Waals surface area contributed by atoms with Crippen LogP contribution in [0.3, 0.4) is 0 Å². The van der Waals surface area contributed by atoms with Gasteiger partial charge in [-0.3, -0.25) is 4.57 Å². The van der Waals surface area contributed by atoms with Crippen molar-refractivity contribution >= 4 is 23.4 Å². The van der Waals surface area contributed by atoms with Crippen molar-refractivity contribution in [1.29, 1.82) is 0 Å².